The van der Waals surface area contributed by atoms with E-state index in [1.165, 1.54) is 13.5 Å². The minimum Gasteiger partial charge on any atom is -0.493 e. The van der Waals surface area contributed by atoms with Crippen molar-refractivity contribution in [3.63, 3.8) is 0 Å². The zero-order valence-electron chi connectivity index (χ0n) is 11.4. The van der Waals surface area contributed by atoms with Crippen LogP contribution in [0.25, 0.3) is 0 Å². The largest absolute Gasteiger partial charge is 0.493 e. The summed E-state index contributed by atoms with van der Waals surface area (Å²) in [5.41, 5.74) is 6.82. The Hall–Kier alpha value is -1.55. The molecule has 4 heteroatoms. The van der Waals surface area contributed by atoms with E-state index in [2.05, 4.69) is 0 Å². The number of carbonyl (C=O) groups excluding carboxylic acids is 1. The van der Waals surface area contributed by atoms with Crippen LogP contribution in [0, 0.1) is 5.41 Å². The molecule has 0 bridgehead atoms. The van der Waals surface area contributed by atoms with Crippen molar-refractivity contribution in [2.45, 2.75) is 25.7 Å². The molecule has 0 atom stereocenters. The maximum absolute atomic E-state index is 11.4. The number of esters is 1. The van der Waals surface area contributed by atoms with Gasteiger partial charge >= 0.3 is 5.97 Å². The van der Waals surface area contributed by atoms with Crippen LogP contribution in [-0.2, 0) is 16.0 Å². The van der Waals surface area contributed by atoms with Crippen molar-refractivity contribution in [3.8, 4) is 5.75 Å². The predicted octanol–water partition coefficient (Wildman–Crippen LogP) is 1.91. The minimum absolute atomic E-state index is 0.137. The Labute approximate surface area is 113 Å². The average Bonchev–Trinajstić information content (AvgIpc) is 2.39. The van der Waals surface area contributed by atoms with E-state index in [0.29, 0.717) is 13.2 Å². The van der Waals surface area contributed by atoms with Crippen LogP contribution >= 0.6 is 0 Å². The molecule has 1 fully saturated rings. The Morgan fingerprint density at radius 2 is 2.11 bits per heavy atom. The van der Waals surface area contributed by atoms with E-state index < -0.39 is 0 Å². The van der Waals surface area contributed by atoms with Crippen molar-refractivity contribution in [2.75, 3.05) is 20.3 Å². The Morgan fingerprint density at radius 1 is 1.37 bits per heavy atom. The van der Waals surface area contributed by atoms with Crippen molar-refractivity contribution >= 4 is 5.97 Å². The molecule has 0 heterocycles. The molecule has 1 aliphatic rings. The second-order valence-corrected chi connectivity index (χ2v) is 5.21. The second kappa shape index (κ2) is 6.06. The molecule has 0 saturated heterocycles. The van der Waals surface area contributed by atoms with Gasteiger partial charge in [-0.15, -0.1) is 0 Å². The molecule has 0 radical (unpaired) electrons. The van der Waals surface area contributed by atoms with Gasteiger partial charge in [0.25, 0.3) is 0 Å². The van der Waals surface area contributed by atoms with Crippen LogP contribution in [0.1, 0.15) is 24.8 Å². The first-order valence-electron chi connectivity index (χ1n) is 6.67. The van der Waals surface area contributed by atoms with Crippen LogP contribution in [0.2, 0.25) is 0 Å². The number of rotatable bonds is 6. The lowest BCUT2D eigenvalue weighted by Crippen LogP contribution is -2.42. The maximum Gasteiger partial charge on any atom is 0.310 e. The van der Waals surface area contributed by atoms with Gasteiger partial charge in [-0.2, -0.15) is 0 Å². The molecule has 2 rings (SSSR count). The molecule has 1 saturated carbocycles. The number of hydrogen-bond donors (Lipinski definition) is 1. The number of carbonyl (C=O) groups is 1. The van der Waals surface area contributed by atoms with E-state index in [1.54, 1.807) is 0 Å². The summed E-state index contributed by atoms with van der Waals surface area (Å²) in [6.07, 6.45) is 3.72. The third kappa shape index (κ3) is 3.26. The van der Waals surface area contributed by atoms with E-state index in [9.17, 15) is 4.79 Å². The number of hydrogen-bond acceptors (Lipinski definition) is 4. The molecule has 1 aromatic rings. The van der Waals surface area contributed by atoms with Gasteiger partial charge in [0.05, 0.1) is 20.1 Å². The van der Waals surface area contributed by atoms with E-state index in [0.717, 1.165) is 24.2 Å². The van der Waals surface area contributed by atoms with Gasteiger partial charge in [0.1, 0.15) is 5.75 Å². The highest BCUT2D eigenvalue weighted by molar-refractivity contribution is 5.73. The fraction of sp³-hybridized carbons (Fsp3) is 0.533. The van der Waals surface area contributed by atoms with E-state index in [4.69, 9.17) is 15.2 Å². The highest BCUT2D eigenvalue weighted by atomic mass is 16.5. The van der Waals surface area contributed by atoms with E-state index in [-0.39, 0.29) is 17.8 Å². The topological polar surface area (TPSA) is 61.5 Å². The number of methoxy groups -OCH3 is 1. The summed E-state index contributed by atoms with van der Waals surface area (Å²) >= 11 is 0. The van der Waals surface area contributed by atoms with Crippen molar-refractivity contribution in [3.05, 3.63) is 29.8 Å². The number of para-hydroxylation sites is 1. The van der Waals surface area contributed by atoms with Gasteiger partial charge in [-0.3, -0.25) is 4.79 Å². The lowest BCUT2D eigenvalue weighted by Gasteiger charge is -2.40. The summed E-state index contributed by atoms with van der Waals surface area (Å²) < 4.78 is 10.6. The number of benzene rings is 1. The van der Waals surface area contributed by atoms with Crippen LogP contribution in [0.3, 0.4) is 0 Å². The van der Waals surface area contributed by atoms with Gasteiger partial charge in [-0.1, -0.05) is 24.6 Å². The minimum atomic E-state index is -0.256. The molecule has 0 aromatic heterocycles. The SMILES string of the molecule is COC(=O)Cc1ccccc1OCC1(CN)CCC1. The van der Waals surface area contributed by atoms with E-state index in [1.807, 2.05) is 24.3 Å². The molecule has 1 aliphatic carbocycles. The molecular weight excluding hydrogens is 242 g/mol. The molecule has 0 unspecified atom stereocenters. The van der Waals surface area contributed by atoms with Crippen molar-refractivity contribution in [1.29, 1.82) is 0 Å². The first-order chi connectivity index (χ1) is 9.19. The number of nitrogens with two attached hydrogens (primary N) is 1. The van der Waals surface area contributed by atoms with Crippen molar-refractivity contribution in [1.82, 2.24) is 0 Å². The van der Waals surface area contributed by atoms with Crippen LogP contribution in [-0.4, -0.2) is 26.2 Å². The predicted molar refractivity (Wildman–Crippen MR) is 73.0 cm³/mol. The van der Waals surface area contributed by atoms with Gasteiger partial charge in [-0.05, 0) is 18.9 Å². The summed E-state index contributed by atoms with van der Waals surface area (Å²) in [7, 11) is 1.39. The molecule has 104 valence electrons. The van der Waals surface area contributed by atoms with Crippen LogP contribution in [0.4, 0.5) is 0 Å². The highest BCUT2D eigenvalue weighted by Gasteiger charge is 2.36. The number of ether oxygens (including phenoxy) is 2. The van der Waals surface area contributed by atoms with E-state index >= 15 is 0 Å². The summed E-state index contributed by atoms with van der Waals surface area (Å²) in [5.74, 6) is 0.501. The van der Waals surface area contributed by atoms with Crippen LogP contribution in [0.5, 0.6) is 5.75 Å². The van der Waals surface area contributed by atoms with Gasteiger partial charge in [0.2, 0.25) is 0 Å². The molecule has 0 amide bonds. The fourth-order valence-electron chi connectivity index (χ4n) is 2.33. The second-order valence-electron chi connectivity index (χ2n) is 5.21. The zero-order chi connectivity index (χ0) is 13.7. The molecular formula is C15H21NO3. The first-order valence-corrected chi connectivity index (χ1v) is 6.67. The Kier molecular flexibility index (Phi) is 4.43. The third-order valence-corrected chi connectivity index (χ3v) is 3.92. The Bertz CT molecular complexity index is 435. The monoisotopic (exact) mass is 263 g/mol. The molecule has 1 aromatic carbocycles. The van der Waals surface area contributed by atoms with Gasteiger partial charge in [-0.25, -0.2) is 0 Å². The quantitative estimate of drug-likeness (QED) is 0.796. The summed E-state index contributed by atoms with van der Waals surface area (Å²) in [5, 5.41) is 0. The lowest BCUT2D eigenvalue weighted by molar-refractivity contribution is -0.139. The summed E-state index contributed by atoms with van der Waals surface area (Å²) in [4.78, 5) is 11.4. The normalized spacial score (nSPS) is 16.5. The van der Waals surface area contributed by atoms with Crippen molar-refractivity contribution in [2.24, 2.45) is 11.1 Å². The average molecular weight is 263 g/mol. The van der Waals surface area contributed by atoms with Crippen LogP contribution < -0.4 is 10.5 Å². The van der Waals surface area contributed by atoms with Gasteiger partial charge in [0, 0.05) is 17.5 Å². The highest BCUT2D eigenvalue weighted by Crippen LogP contribution is 2.40. The maximum atomic E-state index is 11.4. The smallest absolute Gasteiger partial charge is 0.310 e. The molecule has 2 N–H and O–H groups in total. The fourth-order valence-corrected chi connectivity index (χ4v) is 2.33. The lowest BCUT2D eigenvalue weighted by atomic mass is 9.69. The summed E-state index contributed by atoms with van der Waals surface area (Å²) in [6.45, 7) is 1.29. The first kappa shape index (κ1) is 13.9. The molecule has 19 heavy (non-hydrogen) atoms. The van der Waals surface area contributed by atoms with Gasteiger partial charge < -0.3 is 15.2 Å². The molecule has 0 spiro atoms. The molecule has 0 aliphatic heterocycles. The summed E-state index contributed by atoms with van der Waals surface area (Å²) in [6, 6.07) is 7.59. The van der Waals surface area contributed by atoms with Crippen molar-refractivity contribution < 1.29 is 14.3 Å². The van der Waals surface area contributed by atoms with Gasteiger partial charge in [0.15, 0.2) is 0 Å². The zero-order valence-corrected chi connectivity index (χ0v) is 11.4. The third-order valence-electron chi connectivity index (χ3n) is 3.92. The Morgan fingerprint density at radius 3 is 2.68 bits per heavy atom. The molecule has 4 nitrogen and oxygen atoms in total. The van der Waals surface area contributed by atoms with Crippen LogP contribution in [0.15, 0.2) is 24.3 Å². The Balaban J connectivity index is 2.01. The standard InChI is InChI=1S/C15H21NO3/c1-18-14(17)9-12-5-2-3-6-13(12)19-11-15(10-16)7-4-8-15/h2-3,5-6H,4,7-11,16H2,1H3.